The van der Waals surface area contributed by atoms with Crippen molar-refractivity contribution in [1.82, 2.24) is 0 Å². The summed E-state index contributed by atoms with van der Waals surface area (Å²) in [6, 6.07) is 0. The number of amidine groups is 2. The van der Waals surface area contributed by atoms with Crippen molar-refractivity contribution in [3.05, 3.63) is 0 Å². The summed E-state index contributed by atoms with van der Waals surface area (Å²) in [4.78, 5) is 25.7. The van der Waals surface area contributed by atoms with Gasteiger partial charge < -0.3 is 10.5 Å². The van der Waals surface area contributed by atoms with Crippen molar-refractivity contribution in [3.8, 4) is 0 Å². The molecule has 0 aromatic rings. The van der Waals surface area contributed by atoms with Gasteiger partial charge in [-0.25, -0.2) is 24.2 Å². The Morgan fingerprint density at radius 2 is 2.35 bits per heavy atom. The molecule has 0 bridgehead atoms. The summed E-state index contributed by atoms with van der Waals surface area (Å²) in [5.41, 5.74) is 5.43. The second-order valence-corrected chi connectivity index (χ2v) is 4.70. The number of hydrogen-bond donors (Lipinski definition) is 1. The van der Waals surface area contributed by atoms with Crippen LogP contribution in [0.3, 0.4) is 0 Å². The predicted molar refractivity (Wildman–Crippen MR) is 74.3 cm³/mol. The number of alkyl halides is 2. The summed E-state index contributed by atoms with van der Waals surface area (Å²) < 4.78 is 18.1. The van der Waals surface area contributed by atoms with Crippen LogP contribution in [0.4, 0.5) is 4.39 Å². The van der Waals surface area contributed by atoms with Crippen molar-refractivity contribution < 1.29 is 13.9 Å². The van der Waals surface area contributed by atoms with Crippen molar-refractivity contribution in [1.29, 1.82) is 0 Å². The van der Waals surface area contributed by atoms with Crippen LogP contribution < -0.4 is 5.73 Å². The second-order valence-electron chi connectivity index (χ2n) is 4.12. The average Bonchev–Trinajstić information content (AvgIpc) is 2.72. The highest BCUT2D eigenvalue weighted by molar-refractivity contribution is 6.48. The molecule has 0 spiro atoms. The molecule has 20 heavy (non-hydrogen) atoms. The van der Waals surface area contributed by atoms with Gasteiger partial charge in [0.25, 0.3) is 0 Å². The summed E-state index contributed by atoms with van der Waals surface area (Å²) in [5.74, 6) is -0.355. The first-order valence-electron chi connectivity index (χ1n) is 6.01. The number of carbonyl (C=O) groups is 1. The monoisotopic (exact) mass is 301 g/mol. The highest BCUT2D eigenvalue weighted by atomic mass is 35.5. The molecule has 0 radical (unpaired) electrons. The number of nitrogens with zero attached hydrogens (tertiary/aromatic N) is 4. The number of halogens is 2. The number of aliphatic imine (C=N–C) groups is 4. The van der Waals surface area contributed by atoms with E-state index in [4.69, 9.17) is 17.3 Å². The molecule has 0 aromatic carbocycles. The number of esters is 1. The minimum atomic E-state index is -1.71. The molecule has 2 unspecified atom stereocenters. The van der Waals surface area contributed by atoms with Crippen molar-refractivity contribution in [3.63, 3.8) is 0 Å². The van der Waals surface area contributed by atoms with Gasteiger partial charge in [-0.3, -0.25) is 0 Å². The Balaban J connectivity index is 1.98. The first kappa shape index (κ1) is 14.6. The molecule has 0 saturated heterocycles. The molecule has 7 nitrogen and oxygen atoms in total. The zero-order chi connectivity index (χ0) is 14.8. The van der Waals surface area contributed by atoms with E-state index in [9.17, 15) is 9.18 Å². The van der Waals surface area contributed by atoms with Crippen molar-refractivity contribution in [2.45, 2.75) is 30.9 Å². The van der Waals surface area contributed by atoms with Crippen LogP contribution in [0.1, 0.15) is 19.8 Å². The van der Waals surface area contributed by atoms with E-state index in [1.165, 1.54) is 6.21 Å². The summed E-state index contributed by atoms with van der Waals surface area (Å²) in [6.07, 6.45) is -0.339. The molecule has 0 fully saturated rings. The van der Waals surface area contributed by atoms with Crippen LogP contribution in [0.5, 0.6) is 0 Å². The Morgan fingerprint density at radius 1 is 1.60 bits per heavy atom. The standard InChI is InChI=1S/C11H13ClFN5O2/c1-2-20-8(19)6(13)3-4-7-16-9-11(12,18-7)5-15-10(14)17-9/h5-6H,2-4H2,1H3,(H2,14,16,17,18). The average molecular weight is 302 g/mol. The van der Waals surface area contributed by atoms with E-state index in [1.807, 2.05) is 0 Å². The molecule has 0 aliphatic carbocycles. The van der Waals surface area contributed by atoms with E-state index in [0.717, 1.165) is 0 Å². The van der Waals surface area contributed by atoms with Crippen LogP contribution in [0.25, 0.3) is 0 Å². The highest BCUT2D eigenvalue weighted by Crippen LogP contribution is 2.27. The summed E-state index contributed by atoms with van der Waals surface area (Å²) >= 11 is 6.14. The molecular weight excluding hydrogens is 289 g/mol. The second kappa shape index (κ2) is 5.66. The van der Waals surface area contributed by atoms with Gasteiger partial charge >= 0.3 is 5.97 Å². The lowest BCUT2D eigenvalue weighted by molar-refractivity contribution is -0.149. The first-order valence-corrected chi connectivity index (χ1v) is 6.39. The lowest BCUT2D eigenvalue weighted by atomic mass is 10.2. The number of guanidine groups is 1. The fourth-order valence-corrected chi connectivity index (χ4v) is 1.89. The van der Waals surface area contributed by atoms with Gasteiger partial charge in [0.05, 0.1) is 12.8 Å². The van der Waals surface area contributed by atoms with Gasteiger partial charge in [0, 0.05) is 6.42 Å². The smallest absolute Gasteiger partial charge is 0.340 e. The molecule has 2 rings (SSSR count). The fraction of sp³-hybridized carbons (Fsp3) is 0.545. The number of ether oxygens (including phenoxy) is 1. The maximum Gasteiger partial charge on any atom is 0.340 e. The minimum Gasteiger partial charge on any atom is -0.464 e. The molecule has 2 heterocycles. The molecule has 9 heteroatoms. The molecule has 2 aliphatic rings. The normalized spacial score (nSPS) is 25.4. The SMILES string of the molecule is CCOC(=O)C(F)CCC1=NC2(Cl)C=NC(N)=NC2=N1. The molecule has 2 atom stereocenters. The molecule has 108 valence electrons. The van der Waals surface area contributed by atoms with E-state index < -0.39 is 17.1 Å². The summed E-state index contributed by atoms with van der Waals surface area (Å²) in [7, 11) is 0. The Kier molecular flexibility index (Phi) is 4.12. The van der Waals surface area contributed by atoms with E-state index in [1.54, 1.807) is 6.92 Å². The zero-order valence-corrected chi connectivity index (χ0v) is 11.5. The van der Waals surface area contributed by atoms with Gasteiger partial charge in [-0.1, -0.05) is 11.6 Å². The van der Waals surface area contributed by atoms with E-state index >= 15 is 0 Å². The van der Waals surface area contributed by atoms with Gasteiger partial charge in [-0.15, -0.1) is 0 Å². The van der Waals surface area contributed by atoms with E-state index in [-0.39, 0.29) is 31.2 Å². The van der Waals surface area contributed by atoms with Gasteiger partial charge in [-0.05, 0) is 13.3 Å². The third-order valence-electron chi connectivity index (χ3n) is 2.59. The maximum absolute atomic E-state index is 13.5. The van der Waals surface area contributed by atoms with Crippen molar-refractivity contribution in [2.24, 2.45) is 25.7 Å². The third kappa shape index (κ3) is 3.01. The van der Waals surface area contributed by atoms with Crippen LogP contribution in [0.2, 0.25) is 0 Å². The molecule has 2 aliphatic heterocycles. The van der Waals surface area contributed by atoms with E-state index in [0.29, 0.717) is 5.84 Å². The Labute approximate surface area is 119 Å². The van der Waals surface area contributed by atoms with Gasteiger partial charge in [-0.2, -0.15) is 4.99 Å². The Hall–Kier alpha value is -1.83. The first-order chi connectivity index (χ1) is 9.44. The quantitative estimate of drug-likeness (QED) is 0.462. The van der Waals surface area contributed by atoms with Crippen molar-refractivity contribution in [2.75, 3.05) is 6.61 Å². The van der Waals surface area contributed by atoms with Crippen LogP contribution >= 0.6 is 11.6 Å². The molecule has 0 amide bonds. The molecule has 0 aromatic heterocycles. The lowest BCUT2D eigenvalue weighted by Crippen LogP contribution is -2.34. The van der Waals surface area contributed by atoms with Crippen LogP contribution in [-0.4, -0.2) is 47.6 Å². The number of nitrogens with two attached hydrogens (primary N) is 1. The van der Waals surface area contributed by atoms with Crippen LogP contribution in [0.15, 0.2) is 20.0 Å². The topological polar surface area (TPSA) is 102 Å². The Morgan fingerprint density at radius 3 is 3.05 bits per heavy atom. The molecule has 0 saturated carbocycles. The maximum atomic E-state index is 13.5. The van der Waals surface area contributed by atoms with Crippen molar-refractivity contribution >= 4 is 41.4 Å². The minimum absolute atomic E-state index is 0.0337. The van der Waals surface area contributed by atoms with E-state index in [2.05, 4.69) is 24.7 Å². The van der Waals surface area contributed by atoms with Gasteiger partial charge in [0.2, 0.25) is 11.0 Å². The van der Waals surface area contributed by atoms with Gasteiger partial charge in [0.1, 0.15) is 5.84 Å². The van der Waals surface area contributed by atoms with Gasteiger partial charge in [0.15, 0.2) is 12.0 Å². The lowest BCUT2D eigenvalue weighted by Gasteiger charge is -2.15. The summed E-state index contributed by atoms with van der Waals surface area (Å²) in [6.45, 7) is 1.75. The van der Waals surface area contributed by atoms with Crippen LogP contribution in [-0.2, 0) is 9.53 Å². The number of carbonyl (C=O) groups excluding carboxylic acids is 1. The summed E-state index contributed by atoms with van der Waals surface area (Å²) in [5, 5.41) is 0. The largest absolute Gasteiger partial charge is 0.464 e. The third-order valence-corrected chi connectivity index (χ3v) is 2.94. The number of hydrogen-bond acceptors (Lipinski definition) is 7. The molecule has 2 N–H and O–H groups in total. The number of fused-ring (bicyclic) bond motifs is 1. The zero-order valence-electron chi connectivity index (χ0n) is 10.7. The highest BCUT2D eigenvalue weighted by Gasteiger charge is 2.39. The fourth-order valence-electron chi connectivity index (χ4n) is 1.66. The molecular formula is C11H13ClFN5O2. The Bertz CT molecular complexity index is 545. The predicted octanol–water partition coefficient (Wildman–Crippen LogP) is 0.813. The number of rotatable bonds is 5. The van der Waals surface area contributed by atoms with Crippen LogP contribution in [0, 0.1) is 0 Å².